The second-order valence-electron chi connectivity index (χ2n) is 14.3. The fourth-order valence-electron chi connectivity index (χ4n) is 8.25. The van der Waals surface area contributed by atoms with Crippen molar-refractivity contribution in [2.45, 2.75) is 69.3 Å². The third-order valence-corrected chi connectivity index (χ3v) is 13.1. The van der Waals surface area contributed by atoms with E-state index in [2.05, 4.69) is 38.3 Å². The maximum absolute atomic E-state index is 14.3. The number of halogens is 1. The van der Waals surface area contributed by atoms with Gasteiger partial charge in [-0.25, -0.2) is 4.21 Å². The number of methoxy groups -OCH3 is 1. The van der Waals surface area contributed by atoms with E-state index >= 15 is 0 Å². The number of nitrogens with zero attached hydrogens (tertiary/aromatic N) is 2. The summed E-state index contributed by atoms with van der Waals surface area (Å²) >= 11 is 6.45. The first-order chi connectivity index (χ1) is 24.2. The molecule has 0 aromatic heterocycles. The van der Waals surface area contributed by atoms with Crippen molar-refractivity contribution >= 4 is 39.0 Å². The molecule has 8 nitrogen and oxygen atoms in total. The van der Waals surface area contributed by atoms with Gasteiger partial charge in [-0.2, -0.15) is 0 Å². The van der Waals surface area contributed by atoms with Gasteiger partial charge in [-0.3, -0.25) is 14.3 Å². The highest BCUT2D eigenvalue weighted by Gasteiger charge is 2.44. The van der Waals surface area contributed by atoms with E-state index in [0.29, 0.717) is 43.3 Å². The molecular weight excluding hydrogens is 670 g/mol. The van der Waals surface area contributed by atoms with Gasteiger partial charge in [0.2, 0.25) is 5.91 Å². The molecule has 1 spiro atoms. The lowest BCUT2D eigenvalue weighted by Crippen LogP contribution is -2.49. The zero-order chi connectivity index (χ0) is 34.7. The van der Waals surface area contributed by atoms with Crippen molar-refractivity contribution in [1.82, 2.24) is 4.72 Å². The van der Waals surface area contributed by atoms with E-state index in [0.717, 1.165) is 67.2 Å². The molecule has 0 saturated heterocycles. The SMILES string of the molecule is CO[C@H]1/C=C/CCCS(=O)(NC(=O)CCc2ccccc2)=NC(=O)c2ccc3c(c2)N(C[C@@H]2CC[C@H]21)C[C@@]1(CCCc2cc(Cl)ccc21)CO3. The fraction of sp³-hybridized carbons (Fsp3) is 0.450. The number of benzene rings is 3. The molecule has 7 rings (SSSR count). The molecule has 2 bridgehead atoms. The fourth-order valence-corrected chi connectivity index (χ4v) is 10.1. The minimum atomic E-state index is -3.39. The molecule has 1 fully saturated rings. The maximum atomic E-state index is 14.3. The van der Waals surface area contributed by atoms with Crippen LogP contribution in [0.25, 0.3) is 0 Å². The number of ether oxygens (including phenoxy) is 2. The molecule has 10 heteroatoms. The molecule has 1 unspecified atom stereocenters. The van der Waals surface area contributed by atoms with Gasteiger partial charge >= 0.3 is 0 Å². The summed E-state index contributed by atoms with van der Waals surface area (Å²) < 4.78 is 33.8. The van der Waals surface area contributed by atoms with Gasteiger partial charge < -0.3 is 14.4 Å². The first kappa shape index (κ1) is 34.8. The Balaban J connectivity index is 1.24. The average Bonchev–Trinajstić information content (AvgIpc) is 3.25. The predicted molar refractivity (Wildman–Crippen MR) is 198 cm³/mol. The number of aryl methyl sites for hydroxylation is 2. The van der Waals surface area contributed by atoms with Gasteiger partial charge in [-0.1, -0.05) is 60.2 Å². The molecule has 1 N–H and O–H groups in total. The maximum Gasteiger partial charge on any atom is 0.286 e. The summed E-state index contributed by atoms with van der Waals surface area (Å²) in [6, 6.07) is 21.3. The number of carbonyl (C=O) groups excluding carboxylic acids is 2. The Labute approximate surface area is 300 Å². The number of allylic oxidation sites excluding steroid dienone is 1. The standard InChI is InChI=1S/C40H46ClN3O5S/c1-48-36-12-6-3-7-22-50(47,42-38(45)20-13-28-9-4-2-5-10-28)43-39(46)30-15-19-37-35(24-30)44(25-31-14-17-33(31)36)26-40(27-49-37)21-8-11-29-23-32(41)16-18-34(29)40/h2,4-6,9-10,12,15-16,18-19,23-24,31,33,36H,3,7-8,11,13-14,17,20-22,25-27H2,1H3,(H,42,43,45,46,47)/b12-6+/t31-,33+,36-,40-,50?/m0/s1. The monoisotopic (exact) mass is 715 g/mol. The van der Waals surface area contributed by atoms with Gasteiger partial charge in [0, 0.05) is 42.6 Å². The second kappa shape index (κ2) is 14.9. The lowest BCUT2D eigenvalue weighted by Gasteiger charge is -2.46. The van der Waals surface area contributed by atoms with Crippen LogP contribution >= 0.6 is 11.6 Å². The molecule has 264 valence electrons. The summed E-state index contributed by atoms with van der Waals surface area (Å²) in [5.74, 6) is 0.545. The summed E-state index contributed by atoms with van der Waals surface area (Å²) in [6.07, 6.45) is 11.1. The van der Waals surface area contributed by atoms with Crippen molar-refractivity contribution in [3.63, 3.8) is 0 Å². The normalized spacial score (nSPS) is 28.6. The van der Waals surface area contributed by atoms with Crippen LogP contribution in [0, 0.1) is 11.8 Å². The van der Waals surface area contributed by atoms with Gasteiger partial charge in [0.1, 0.15) is 15.7 Å². The number of hydrogen-bond donors (Lipinski definition) is 1. The lowest BCUT2D eigenvalue weighted by molar-refractivity contribution is -0.119. The van der Waals surface area contributed by atoms with Crippen molar-refractivity contribution in [3.8, 4) is 5.75 Å². The van der Waals surface area contributed by atoms with Crippen LogP contribution in [0.4, 0.5) is 5.69 Å². The number of rotatable bonds is 5. The number of hydrogen-bond acceptors (Lipinski definition) is 6. The third kappa shape index (κ3) is 7.51. The molecule has 0 radical (unpaired) electrons. The Kier molecular flexibility index (Phi) is 10.4. The van der Waals surface area contributed by atoms with Crippen molar-refractivity contribution < 1.29 is 23.3 Å². The Morgan fingerprint density at radius 2 is 1.98 bits per heavy atom. The Hall–Kier alpha value is -3.66. The highest BCUT2D eigenvalue weighted by Crippen LogP contribution is 2.47. The summed E-state index contributed by atoms with van der Waals surface area (Å²) in [5.41, 5.74) is 4.48. The van der Waals surface area contributed by atoms with Crippen LogP contribution in [-0.2, 0) is 37.7 Å². The Bertz CT molecular complexity index is 1890. The van der Waals surface area contributed by atoms with Crippen molar-refractivity contribution in [2.75, 3.05) is 37.5 Å². The van der Waals surface area contributed by atoms with Crippen LogP contribution in [0.5, 0.6) is 5.75 Å². The van der Waals surface area contributed by atoms with E-state index in [9.17, 15) is 13.8 Å². The van der Waals surface area contributed by atoms with Crippen LogP contribution in [0.1, 0.15) is 72.0 Å². The summed E-state index contributed by atoms with van der Waals surface area (Å²) in [7, 11) is -1.62. The number of amides is 2. The molecule has 2 aliphatic carbocycles. The van der Waals surface area contributed by atoms with E-state index < -0.39 is 21.7 Å². The third-order valence-electron chi connectivity index (χ3n) is 11.0. The minimum absolute atomic E-state index is 0.0319. The van der Waals surface area contributed by atoms with E-state index in [1.807, 2.05) is 48.5 Å². The average molecular weight is 716 g/mol. The number of fused-ring (bicyclic) bond motifs is 4. The van der Waals surface area contributed by atoms with Crippen LogP contribution in [0.2, 0.25) is 5.02 Å². The molecule has 2 amide bonds. The van der Waals surface area contributed by atoms with Crippen LogP contribution in [0.3, 0.4) is 0 Å². The molecule has 3 aromatic carbocycles. The van der Waals surface area contributed by atoms with Crippen LogP contribution in [-0.4, -0.2) is 54.7 Å². The van der Waals surface area contributed by atoms with Crippen LogP contribution < -0.4 is 14.4 Å². The topological polar surface area (TPSA) is 97.3 Å². The molecule has 1 saturated carbocycles. The number of nitrogens with one attached hydrogen (secondary N) is 1. The van der Waals surface area contributed by atoms with Gasteiger partial charge in [-0.05, 0) is 110 Å². The quantitative estimate of drug-likeness (QED) is 0.275. The lowest BCUT2D eigenvalue weighted by atomic mass is 9.68. The van der Waals surface area contributed by atoms with Crippen molar-refractivity contribution in [1.29, 1.82) is 0 Å². The zero-order valence-corrected chi connectivity index (χ0v) is 30.2. The van der Waals surface area contributed by atoms with E-state index in [1.54, 1.807) is 13.2 Å². The van der Waals surface area contributed by atoms with Gasteiger partial charge in [-0.15, -0.1) is 4.36 Å². The Morgan fingerprint density at radius 1 is 1.12 bits per heavy atom. The molecule has 2 heterocycles. The molecule has 4 aliphatic rings. The smallest absolute Gasteiger partial charge is 0.286 e. The van der Waals surface area contributed by atoms with Crippen LogP contribution in [0.15, 0.2) is 83.2 Å². The summed E-state index contributed by atoms with van der Waals surface area (Å²) in [4.78, 5) is 29.4. The molecule has 2 aliphatic heterocycles. The predicted octanol–water partition coefficient (Wildman–Crippen LogP) is 7.48. The van der Waals surface area contributed by atoms with Crippen molar-refractivity contribution in [2.24, 2.45) is 16.2 Å². The number of carbonyl (C=O) groups is 2. The minimum Gasteiger partial charge on any atom is -0.490 e. The largest absolute Gasteiger partial charge is 0.490 e. The van der Waals surface area contributed by atoms with Gasteiger partial charge in [0.15, 0.2) is 0 Å². The van der Waals surface area contributed by atoms with E-state index in [4.69, 9.17) is 21.1 Å². The molecule has 5 atom stereocenters. The first-order valence-electron chi connectivity index (χ1n) is 17.9. The molecule has 3 aromatic rings. The van der Waals surface area contributed by atoms with E-state index in [1.165, 1.54) is 11.1 Å². The van der Waals surface area contributed by atoms with Gasteiger partial charge in [0.05, 0.1) is 24.2 Å². The van der Waals surface area contributed by atoms with Gasteiger partial charge in [0.25, 0.3) is 5.91 Å². The summed E-state index contributed by atoms with van der Waals surface area (Å²) in [5, 5.41) is 0.746. The summed E-state index contributed by atoms with van der Waals surface area (Å²) in [6.45, 7) is 2.04. The Morgan fingerprint density at radius 3 is 2.78 bits per heavy atom. The molecule has 50 heavy (non-hydrogen) atoms. The number of anilines is 1. The highest BCUT2D eigenvalue weighted by atomic mass is 35.5. The second-order valence-corrected chi connectivity index (χ2v) is 16.8. The zero-order valence-electron chi connectivity index (χ0n) is 28.7. The van der Waals surface area contributed by atoms with Crippen molar-refractivity contribution in [3.05, 3.63) is 106 Å². The highest BCUT2D eigenvalue weighted by molar-refractivity contribution is 7.92. The first-order valence-corrected chi connectivity index (χ1v) is 19.9. The van der Waals surface area contributed by atoms with E-state index in [-0.39, 0.29) is 23.7 Å². The molecular formula is C40H46ClN3O5S.